The molecular weight excluding hydrogens is 245 g/mol. The average Bonchev–Trinajstić information content (AvgIpc) is 2.87. The lowest BCUT2D eigenvalue weighted by molar-refractivity contribution is 0.0721. The van der Waals surface area contributed by atoms with Crippen molar-refractivity contribution in [2.75, 3.05) is 13.8 Å². The van der Waals surface area contributed by atoms with Gasteiger partial charge in [0.15, 0.2) is 0 Å². The van der Waals surface area contributed by atoms with Crippen LogP contribution in [0.25, 0.3) is 11.1 Å². The number of halogens is 1. The number of ether oxygens (including phenoxy) is 1. The van der Waals surface area contributed by atoms with Gasteiger partial charge in [0.2, 0.25) is 0 Å². The highest BCUT2D eigenvalue weighted by Gasteiger charge is 2.19. The van der Waals surface area contributed by atoms with Crippen LogP contribution in [-0.2, 0) is 11.8 Å². The normalized spacial score (nSPS) is 14.3. The Labute approximate surface area is 112 Å². The van der Waals surface area contributed by atoms with Crippen LogP contribution in [-0.4, -0.2) is 29.6 Å². The monoisotopic (exact) mass is 263 g/mol. The van der Waals surface area contributed by atoms with Gasteiger partial charge in [0.1, 0.15) is 6.67 Å². The van der Waals surface area contributed by atoms with Crippen LogP contribution in [0.1, 0.15) is 11.7 Å². The van der Waals surface area contributed by atoms with Crippen molar-refractivity contribution in [2.45, 2.75) is 12.1 Å². The number of rotatable bonds is 5. The Balaban J connectivity index is 2.22. The van der Waals surface area contributed by atoms with Crippen LogP contribution in [0.5, 0.6) is 0 Å². The number of methoxy groups -OCH3 is 1. The molecule has 2 aromatic rings. The average molecular weight is 263 g/mol. The van der Waals surface area contributed by atoms with Crippen LogP contribution in [0.15, 0.2) is 36.7 Å². The Morgan fingerprint density at radius 3 is 2.47 bits per heavy atom. The number of aromatic nitrogens is 2. The Bertz CT molecular complexity index is 524. The molecule has 0 saturated heterocycles. The fourth-order valence-electron chi connectivity index (χ4n) is 2.07. The van der Waals surface area contributed by atoms with Gasteiger partial charge < -0.3 is 10.5 Å². The maximum absolute atomic E-state index is 12.6. The SMILES string of the molecule is COC(c1ccc(-c2cnn(C)c2)cc1)C(N)CF. The molecule has 2 atom stereocenters. The Hall–Kier alpha value is -1.72. The highest BCUT2D eigenvalue weighted by Crippen LogP contribution is 2.24. The van der Waals surface area contributed by atoms with Gasteiger partial charge in [-0.15, -0.1) is 0 Å². The number of hydrogen-bond acceptors (Lipinski definition) is 3. The minimum atomic E-state index is -0.644. The van der Waals surface area contributed by atoms with Crippen molar-refractivity contribution >= 4 is 0 Å². The molecule has 2 unspecified atom stereocenters. The molecule has 1 aromatic heterocycles. The van der Waals surface area contributed by atoms with Gasteiger partial charge in [-0.2, -0.15) is 5.10 Å². The molecule has 1 heterocycles. The summed E-state index contributed by atoms with van der Waals surface area (Å²) in [5.74, 6) is 0. The van der Waals surface area contributed by atoms with Crippen LogP contribution in [0, 0.1) is 0 Å². The van der Waals surface area contributed by atoms with Gasteiger partial charge in [-0.1, -0.05) is 24.3 Å². The summed E-state index contributed by atoms with van der Waals surface area (Å²) in [6.07, 6.45) is 3.32. The Kier molecular flexibility index (Phi) is 4.29. The molecule has 5 heteroatoms. The van der Waals surface area contributed by atoms with Gasteiger partial charge in [-0.25, -0.2) is 4.39 Å². The lowest BCUT2D eigenvalue weighted by Crippen LogP contribution is -2.31. The Morgan fingerprint density at radius 2 is 2.00 bits per heavy atom. The van der Waals surface area contributed by atoms with Crippen LogP contribution < -0.4 is 5.73 Å². The van der Waals surface area contributed by atoms with E-state index < -0.39 is 18.8 Å². The fraction of sp³-hybridized carbons (Fsp3) is 0.357. The van der Waals surface area contributed by atoms with Crippen molar-refractivity contribution in [2.24, 2.45) is 12.8 Å². The quantitative estimate of drug-likeness (QED) is 0.898. The first-order valence-corrected chi connectivity index (χ1v) is 6.09. The van der Waals surface area contributed by atoms with Gasteiger partial charge >= 0.3 is 0 Å². The van der Waals surface area contributed by atoms with Crippen molar-refractivity contribution in [1.29, 1.82) is 0 Å². The van der Waals surface area contributed by atoms with E-state index in [1.165, 1.54) is 7.11 Å². The van der Waals surface area contributed by atoms with Crippen LogP contribution in [0.3, 0.4) is 0 Å². The number of benzene rings is 1. The van der Waals surface area contributed by atoms with Gasteiger partial charge in [0, 0.05) is 25.9 Å². The molecule has 0 aliphatic rings. The van der Waals surface area contributed by atoms with E-state index >= 15 is 0 Å². The summed E-state index contributed by atoms with van der Waals surface area (Å²) in [4.78, 5) is 0. The molecule has 102 valence electrons. The number of nitrogens with two attached hydrogens (primary N) is 1. The van der Waals surface area contributed by atoms with E-state index in [1.807, 2.05) is 37.5 Å². The summed E-state index contributed by atoms with van der Waals surface area (Å²) >= 11 is 0. The second-order valence-electron chi connectivity index (χ2n) is 4.50. The third kappa shape index (κ3) is 3.00. The first kappa shape index (κ1) is 13.7. The number of aryl methyl sites for hydroxylation is 1. The number of nitrogens with zero attached hydrogens (tertiary/aromatic N) is 2. The molecule has 0 aliphatic heterocycles. The van der Waals surface area contributed by atoms with Gasteiger partial charge in [-0.05, 0) is 11.1 Å². The predicted molar refractivity (Wildman–Crippen MR) is 72.3 cm³/mol. The molecule has 0 bridgehead atoms. The van der Waals surface area contributed by atoms with Crippen LogP contribution in [0.4, 0.5) is 4.39 Å². The summed E-state index contributed by atoms with van der Waals surface area (Å²) in [6.45, 7) is -0.608. The predicted octanol–water partition coefficient (Wildman–Crippen LogP) is 2.07. The van der Waals surface area contributed by atoms with E-state index in [2.05, 4.69) is 5.10 Å². The summed E-state index contributed by atoms with van der Waals surface area (Å²) in [6, 6.07) is 7.10. The molecule has 0 amide bonds. The lowest BCUT2D eigenvalue weighted by atomic mass is 10.0. The minimum absolute atomic E-state index is 0.423. The highest BCUT2D eigenvalue weighted by molar-refractivity contribution is 5.62. The standard InChI is InChI=1S/C14H18FN3O/c1-18-9-12(8-17-18)10-3-5-11(6-4-10)14(19-2)13(16)7-15/h3-6,8-9,13-14H,7,16H2,1-2H3. The van der Waals surface area contributed by atoms with Crippen molar-refractivity contribution in [3.05, 3.63) is 42.2 Å². The summed E-state index contributed by atoms with van der Waals surface area (Å²) < 4.78 is 19.6. The number of alkyl halides is 1. The zero-order valence-corrected chi connectivity index (χ0v) is 11.1. The zero-order chi connectivity index (χ0) is 13.8. The summed E-state index contributed by atoms with van der Waals surface area (Å²) in [5.41, 5.74) is 8.67. The molecule has 0 saturated carbocycles. The molecule has 2 N–H and O–H groups in total. The molecule has 4 nitrogen and oxygen atoms in total. The first-order chi connectivity index (χ1) is 9.15. The number of hydrogen-bond donors (Lipinski definition) is 1. The van der Waals surface area contributed by atoms with Crippen LogP contribution in [0.2, 0.25) is 0 Å². The molecule has 19 heavy (non-hydrogen) atoms. The Morgan fingerprint density at radius 1 is 1.32 bits per heavy atom. The van der Waals surface area contributed by atoms with E-state index in [0.29, 0.717) is 0 Å². The second kappa shape index (κ2) is 5.95. The first-order valence-electron chi connectivity index (χ1n) is 6.09. The van der Waals surface area contributed by atoms with Crippen molar-refractivity contribution in [1.82, 2.24) is 9.78 Å². The fourth-order valence-corrected chi connectivity index (χ4v) is 2.07. The van der Waals surface area contributed by atoms with Crippen molar-refractivity contribution in [3.8, 4) is 11.1 Å². The smallest absolute Gasteiger partial charge is 0.107 e. The molecule has 0 spiro atoms. The highest BCUT2D eigenvalue weighted by atomic mass is 19.1. The molecular formula is C14H18FN3O. The van der Waals surface area contributed by atoms with Gasteiger partial charge in [-0.3, -0.25) is 4.68 Å². The molecule has 0 radical (unpaired) electrons. The minimum Gasteiger partial charge on any atom is -0.375 e. The maximum Gasteiger partial charge on any atom is 0.107 e. The summed E-state index contributed by atoms with van der Waals surface area (Å²) in [7, 11) is 3.41. The van der Waals surface area contributed by atoms with Crippen molar-refractivity contribution < 1.29 is 9.13 Å². The summed E-state index contributed by atoms with van der Waals surface area (Å²) in [5, 5.41) is 4.13. The van der Waals surface area contributed by atoms with Crippen LogP contribution >= 0.6 is 0 Å². The molecule has 1 aromatic carbocycles. The topological polar surface area (TPSA) is 53.1 Å². The van der Waals surface area contributed by atoms with E-state index in [0.717, 1.165) is 16.7 Å². The molecule has 0 aliphatic carbocycles. The van der Waals surface area contributed by atoms with E-state index in [-0.39, 0.29) is 0 Å². The zero-order valence-electron chi connectivity index (χ0n) is 11.1. The third-order valence-electron chi connectivity index (χ3n) is 3.10. The maximum atomic E-state index is 12.6. The third-order valence-corrected chi connectivity index (χ3v) is 3.10. The van der Waals surface area contributed by atoms with Gasteiger partial charge in [0.25, 0.3) is 0 Å². The molecule has 0 fully saturated rings. The van der Waals surface area contributed by atoms with E-state index in [1.54, 1.807) is 10.9 Å². The second-order valence-corrected chi connectivity index (χ2v) is 4.50. The van der Waals surface area contributed by atoms with E-state index in [9.17, 15) is 4.39 Å². The molecule has 2 rings (SSSR count). The lowest BCUT2D eigenvalue weighted by Gasteiger charge is -2.20. The van der Waals surface area contributed by atoms with Crippen molar-refractivity contribution in [3.63, 3.8) is 0 Å². The largest absolute Gasteiger partial charge is 0.375 e. The van der Waals surface area contributed by atoms with Gasteiger partial charge in [0.05, 0.1) is 18.3 Å². The van der Waals surface area contributed by atoms with E-state index in [4.69, 9.17) is 10.5 Å².